The molecule has 1 aliphatic heterocycles. The van der Waals surface area contributed by atoms with Crippen LogP contribution in [0.15, 0.2) is 42.7 Å². The summed E-state index contributed by atoms with van der Waals surface area (Å²) in [6, 6.07) is 9.08. The van der Waals surface area contributed by atoms with E-state index in [0.717, 1.165) is 5.69 Å². The van der Waals surface area contributed by atoms with Crippen LogP contribution in [-0.2, 0) is 4.79 Å². The van der Waals surface area contributed by atoms with E-state index < -0.39 is 5.82 Å². The lowest BCUT2D eigenvalue weighted by Gasteiger charge is -2.10. The number of aromatic amines is 1. The maximum Gasteiger partial charge on any atom is 0.256 e. The van der Waals surface area contributed by atoms with Crippen LogP contribution in [0.4, 0.5) is 10.1 Å². The van der Waals surface area contributed by atoms with Crippen LogP contribution in [0.3, 0.4) is 0 Å². The molecule has 5 nitrogen and oxygen atoms in total. The van der Waals surface area contributed by atoms with E-state index in [4.69, 9.17) is 0 Å². The number of hydrogen-bond acceptors (Lipinski definition) is 3. The van der Waals surface area contributed by atoms with Crippen LogP contribution < -0.4 is 5.32 Å². The Morgan fingerprint density at radius 3 is 2.56 bits per heavy atom. The van der Waals surface area contributed by atoms with Gasteiger partial charge in [0.2, 0.25) is 0 Å². The molecule has 1 aliphatic rings. The summed E-state index contributed by atoms with van der Waals surface area (Å²) in [5, 5.41) is 12.2. The molecule has 0 bridgehead atoms. The molecule has 25 heavy (non-hydrogen) atoms. The Morgan fingerprint density at radius 2 is 1.88 bits per heavy atom. The predicted molar refractivity (Wildman–Crippen MR) is 93.3 cm³/mol. The van der Waals surface area contributed by atoms with Crippen LogP contribution >= 0.6 is 0 Å². The van der Waals surface area contributed by atoms with Crippen molar-refractivity contribution in [2.45, 2.75) is 6.92 Å². The van der Waals surface area contributed by atoms with Crippen molar-refractivity contribution >= 4 is 23.2 Å². The highest BCUT2D eigenvalue weighted by Crippen LogP contribution is 2.42. The van der Waals surface area contributed by atoms with Crippen molar-refractivity contribution < 1.29 is 14.3 Å². The average Bonchev–Trinajstić information content (AvgIpc) is 3.13. The van der Waals surface area contributed by atoms with E-state index in [-0.39, 0.29) is 11.7 Å². The first-order chi connectivity index (χ1) is 12.0. The minimum absolute atomic E-state index is 0.0915. The molecule has 1 amide bonds. The van der Waals surface area contributed by atoms with Gasteiger partial charge in [0.15, 0.2) is 0 Å². The van der Waals surface area contributed by atoms with Crippen molar-refractivity contribution in [3.63, 3.8) is 0 Å². The number of aromatic nitrogens is 2. The number of aryl methyl sites for hydroxylation is 1. The third-order valence-electron chi connectivity index (χ3n) is 4.22. The van der Waals surface area contributed by atoms with Gasteiger partial charge in [-0.3, -0.25) is 4.79 Å². The Labute approximate surface area is 142 Å². The Bertz CT molecular complexity index is 1020. The fourth-order valence-corrected chi connectivity index (χ4v) is 2.96. The SMILES string of the molecule is Cc1[nH]cnc1/C=C1\C(=O)Nc2ccc(F)c(-c3ccc(O)cc3)c21. The Hall–Kier alpha value is -3.41. The lowest BCUT2D eigenvalue weighted by molar-refractivity contribution is -0.110. The van der Waals surface area contributed by atoms with E-state index in [9.17, 15) is 14.3 Å². The highest BCUT2D eigenvalue weighted by molar-refractivity contribution is 6.36. The standard InChI is InChI=1S/C19H14FN3O2/c1-10-16(22-9-21-10)8-13-18-15(23-19(13)25)7-6-14(20)17(18)11-2-4-12(24)5-3-11/h2-9,24H,1H3,(H,21,22)(H,23,25)/b13-8-. The fraction of sp³-hybridized carbons (Fsp3) is 0.0526. The number of phenolic OH excluding ortho intramolecular Hbond substituents is 1. The van der Waals surface area contributed by atoms with Gasteiger partial charge in [-0.15, -0.1) is 0 Å². The highest BCUT2D eigenvalue weighted by atomic mass is 19.1. The number of phenols is 1. The second-order valence-electron chi connectivity index (χ2n) is 5.82. The Kier molecular flexibility index (Phi) is 3.39. The monoisotopic (exact) mass is 335 g/mol. The number of anilines is 1. The maximum absolute atomic E-state index is 14.6. The fourth-order valence-electron chi connectivity index (χ4n) is 2.96. The van der Waals surface area contributed by atoms with Gasteiger partial charge in [0, 0.05) is 22.5 Å². The molecule has 0 aliphatic carbocycles. The number of carbonyl (C=O) groups is 1. The van der Waals surface area contributed by atoms with Crippen molar-refractivity contribution in [1.29, 1.82) is 0 Å². The van der Waals surface area contributed by atoms with Crippen LogP contribution in [0.1, 0.15) is 17.0 Å². The predicted octanol–water partition coefficient (Wildman–Crippen LogP) is 3.72. The number of nitrogens with zero attached hydrogens (tertiary/aromatic N) is 1. The Balaban J connectivity index is 1.96. The topological polar surface area (TPSA) is 78.0 Å². The van der Waals surface area contributed by atoms with Crippen molar-refractivity contribution in [3.8, 4) is 16.9 Å². The molecule has 1 aromatic heterocycles. The average molecular weight is 335 g/mol. The van der Waals surface area contributed by atoms with Crippen molar-refractivity contribution in [3.05, 3.63) is 65.5 Å². The number of imidazole rings is 1. The van der Waals surface area contributed by atoms with Gasteiger partial charge in [0.05, 0.1) is 17.6 Å². The number of fused-ring (bicyclic) bond motifs is 1. The largest absolute Gasteiger partial charge is 0.508 e. The summed E-state index contributed by atoms with van der Waals surface area (Å²) in [5.74, 6) is -0.650. The zero-order valence-electron chi connectivity index (χ0n) is 13.3. The molecule has 0 saturated heterocycles. The van der Waals surface area contributed by atoms with E-state index in [0.29, 0.717) is 33.6 Å². The number of rotatable bonds is 2. The molecule has 0 unspecified atom stereocenters. The van der Waals surface area contributed by atoms with Crippen LogP contribution in [0.5, 0.6) is 5.75 Å². The van der Waals surface area contributed by atoms with Crippen molar-refractivity contribution in [2.75, 3.05) is 5.32 Å². The quantitative estimate of drug-likeness (QED) is 0.625. The van der Waals surface area contributed by atoms with Gasteiger partial charge in [-0.25, -0.2) is 9.37 Å². The molecule has 0 radical (unpaired) electrons. The molecule has 0 fully saturated rings. The minimum atomic E-state index is -0.439. The molecule has 3 N–H and O–H groups in total. The maximum atomic E-state index is 14.6. The molecular weight excluding hydrogens is 321 g/mol. The summed E-state index contributed by atoms with van der Waals surface area (Å²) in [7, 11) is 0. The highest BCUT2D eigenvalue weighted by Gasteiger charge is 2.29. The van der Waals surface area contributed by atoms with E-state index in [1.54, 1.807) is 30.6 Å². The smallest absolute Gasteiger partial charge is 0.256 e. The number of carbonyl (C=O) groups excluding carboxylic acids is 1. The summed E-state index contributed by atoms with van der Waals surface area (Å²) in [6.45, 7) is 1.85. The molecule has 2 aromatic carbocycles. The normalized spacial score (nSPS) is 14.6. The van der Waals surface area contributed by atoms with E-state index in [1.165, 1.54) is 18.2 Å². The van der Waals surface area contributed by atoms with Gasteiger partial charge < -0.3 is 15.4 Å². The summed E-state index contributed by atoms with van der Waals surface area (Å²) in [4.78, 5) is 19.6. The second kappa shape index (κ2) is 5.59. The summed E-state index contributed by atoms with van der Waals surface area (Å²) < 4.78 is 14.6. The van der Waals surface area contributed by atoms with E-state index in [2.05, 4.69) is 15.3 Å². The van der Waals surface area contributed by atoms with Crippen LogP contribution in [-0.4, -0.2) is 21.0 Å². The molecule has 3 aromatic rings. The summed E-state index contributed by atoms with van der Waals surface area (Å²) >= 11 is 0. The van der Waals surface area contributed by atoms with Crippen molar-refractivity contribution in [2.24, 2.45) is 0 Å². The minimum Gasteiger partial charge on any atom is -0.508 e. The van der Waals surface area contributed by atoms with Gasteiger partial charge in [-0.05, 0) is 42.8 Å². The second-order valence-corrected chi connectivity index (χ2v) is 5.82. The number of nitrogens with one attached hydrogen (secondary N) is 2. The first-order valence-corrected chi connectivity index (χ1v) is 7.70. The number of H-pyrrole nitrogens is 1. The lowest BCUT2D eigenvalue weighted by atomic mass is 9.93. The number of aromatic hydroxyl groups is 1. The molecule has 0 spiro atoms. The molecule has 0 saturated carbocycles. The van der Waals surface area contributed by atoms with Crippen LogP contribution in [0.25, 0.3) is 22.8 Å². The van der Waals surface area contributed by atoms with E-state index >= 15 is 0 Å². The zero-order chi connectivity index (χ0) is 17.6. The van der Waals surface area contributed by atoms with Gasteiger partial charge in [-0.2, -0.15) is 0 Å². The van der Waals surface area contributed by atoms with Gasteiger partial charge in [-0.1, -0.05) is 12.1 Å². The number of halogens is 1. The van der Waals surface area contributed by atoms with Crippen LogP contribution in [0.2, 0.25) is 0 Å². The summed E-state index contributed by atoms with van der Waals surface area (Å²) in [5.41, 5.74) is 3.73. The Morgan fingerprint density at radius 1 is 1.12 bits per heavy atom. The van der Waals surface area contributed by atoms with Gasteiger partial charge >= 0.3 is 0 Å². The number of amides is 1. The zero-order valence-corrected chi connectivity index (χ0v) is 13.3. The van der Waals surface area contributed by atoms with Gasteiger partial charge in [0.25, 0.3) is 5.91 Å². The number of benzene rings is 2. The molecule has 124 valence electrons. The van der Waals surface area contributed by atoms with E-state index in [1.807, 2.05) is 6.92 Å². The molecule has 2 heterocycles. The lowest BCUT2D eigenvalue weighted by Crippen LogP contribution is -2.03. The number of hydrogen-bond donors (Lipinski definition) is 3. The first kappa shape index (κ1) is 15.1. The third kappa shape index (κ3) is 2.48. The summed E-state index contributed by atoms with van der Waals surface area (Å²) in [6.07, 6.45) is 3.19. The molecule has 0 atom stereocenters. The van der Waals surface area contributed by atoms with Gasteiger partial charge in [0.1, 0.15) is 11.6 Å². The van der Waals surface area contributed by atoms with Crippen molar-refractivity contribution in [1.82, 2.24) is 9.97 Å². The van der Waals surface area contributed by atoms with Crippen LogP contribution in [0, 0.1) is 12.7 Å². The first-order valence-electron chi connectivity index (χ1n) is 7.70. The molecule has 6 heteroatoms. The molecular formula is C19H14FN3O2. The third-order valence-corrected chi connectivity index (χ3v) is 4.22. The molecule has 4 rings (SSSR count).